The van der Waals surface area contributed by atoms with E-state index in [1.165, 1.54) is 4.90 Å². The second kappa shape index (κ2) is 5.25. The summed E-state index contributed by atoms with van der Waals surface area (Å²) in [6, 6.07) is 7.63. The number of carbonyl (C=O) groups is 2. The van der Waals surface area contributed by atoms with Crippen molar-refractivity contribution in [1.29, 1.82) is 0 Å². The number of hydrogen-bond acceptors (Lipinski definition) is 4. The molecule has 5 nitrogen and oxygen atoms in total. The van der Waals surface area contributed by atoms with Gasteiger partial charge in [-0.15, -0.1) is 0 Å². The van der Waals surface area contributed by atoms with Gasteiger partial charge in [0.2, 0.25) is 11.8 Å². The van der Waals surface area contributed by atoms with Gasteiger partial charge in [0.05, 0.1) is 18.4 Å². The fourth-order valence-electron chi connectivity index (χ4n) is 2.65. The van der Waals surface area contributed by atoms with Gasteiger partial charge in [-0.3, -0.25) is 14.5 Å². The maximum Gasteiger partial charge on any atom is 0.233 e. The molecule has 0 spiro atoms. The molecule has 5 heteroatoms. The van der Waals surface area contributed by atoms with Gasteiger partial charge < -0.3 is 10.5 Å². The third-order valence-corrected chi connectivity index (χ3v) is 3.89. The van der Waals surface area contributed by atoms with E-state index in [9.17, 15) is 9.59 Å². The first-order valence-electron chi connectivity index (χ1n) is 6.97. The average molecular weight is 274 g/mol. The molecule has 2 fully saturated rings. The van der Waals surface area contributed by atoms with E-state index in [1.807, 2.05) is 24.3 Å². The van der Waals surface area contributed by atoms with Gasteiger partial charge in [0.1, 0.15) is 5.75 Å². The molecule has 1 saturated carbocycles. The highest BCUT2D eigenvalue weighted by molar-refractivity contribution is 6.08. The number of fused-ring (bicyclic) bond motifs is 1. The minimum absolute atomic E-state index is 0.00475. The summed E-state index contributed by atoms with van der Waals surface area (Å²) in [4.78, 5) is 24.9. The van der Waals surface area contributed by atoms with E-state index in [1.54, 1.807) is 0 Å². The Bertz CT molecular complexity index is 524. The van der Waals surface area contributed by atoms with Crippen LogP contribution in [0.25, 0.3) is 0 Å². The molecule has 2 N–H and O–H groups in total. The highest BCUT2D eigenvalue weighted by Crippen LogP contribution is 2.46. The van der Waals surface area contributed by atoms with Gasteiger partial charge in [0.25, 0.3) is 0 Å². The zero-order chi connectivity index (χ0) is 14.1. The van der Waals surface area contributed by atoms with Crippen LogP contribution < -0.4 is 10.5 Å². The fraction of sp³-hybridized carbons (Fsp3) is 0.467. The van der Waals surface area contributed by atoms with Gasteiger partial charge in [0, 0.05) is 13.1 Å². The summed E-state index contributed by atoms with van der Waals surface area (Å²) in [7, 11) is 0. The number of hydrogen-bond donors (Lipinski definition) is 1. The quantitative estimate of drug-likeness (QED) is 0.618. The fourth-order valence-corrected chi connectivity index (χ4v) is 2.65. The van der Waals surface area contributed by atoms with E-state index >= 15 is 0 Å². The zero-order valence-corrected chi connectivity index (χ0v) is 11.2. The largest absolute Gasteiger partial charge is 0.494 e. The van der Waals surface area contributed by atoms with Crippen molar-refractivity contribution in [3.05, 3.63) is 29.8 Å². The number of rotatable bonds is 6. The summed E-state index contributed by atoms with van der Waals surface area (Å²) in [6.45, 7) is 1.43. The predicted molar refractivity (Wildman–Crippen MR) is 72.8 cm³/mol. The molecule has 2 amide bonds. The van der Waals surface area contributed by atoms with Crippen LogP contribution >= 0.6 is 0 Å². The first kappa shape index (κ1) is 13.1. The maximum absolute atomic E-state index is 11.8. The van der Waals surface area contributed by atoms with Crippen LogP contribution in [0, 0.1) is 11.8 Å². The summed E-state index contributed by atoms with van der Waals surface area (Å²) in [6.07, 6.45) is 1.42. The van der Waals surface area contributed by atoms with Crippen molar-refractivity contribution < 1.29 is 14.3 Å². The van der Waals surface area contributed by atoms with Gasteiger partial charge in [-0.25, -0.2) is 0 Å². The Morgan fingerprint density at radius 3 is 2.70 bits per heavy atom. The molecule has 20 heavy (non-hydrogen) atoms. The number of benzene rings is 1. The summed E-state index contributed by atoms with van der Waals surface area (Å²) in [5, 5.41) is 0. The molecule has 106 valence electrons. The molecule has 2 aliphatic rings. The van der Waals surface area contributed by atoms with E-state index in [0.29, 0.717) is 26.1 Å². The SMILES string of the molecule is NCc1cccc(OCCCN2C(=O)C3CC3C2=O)c1. The highest BCUT2D eigenvalue weighted by atomic mass is 16.5. The topological polar surface area (TPSA) is 72.6 Å². The highest BCUT2D eigenvalue weighted by Gasteiger charge is 2.58. The van der Waals surface area contributed by atoms with E-state index in [2.05, 4.69) is 0 Å². The molecule has 2 unspecified atom stereocenters. The third-order valence-electron chi connectivity index (χ3n) is 3.89. The zero-order valence-electron chi connectivity index (χ0n) is 11.2. The summed E-state index contributed by atoms with van der Waals surface area (Å²) < 4.78 is 5.61. The molecule has 2 atom stereocenters. The monoisotopic (exact) mass is 274 g/mol. The minimum Gasteiger partial charge on any atom is -0.494 e. The standard InChI is InChI=1S/C15H18N2O3/c16-9-10-3-1-4-11(7-10)20-6-2-5-17-14(18)12-8-13(12)15(17)19/h1,3-4,7,12-13H,2,5-6,8-9,16H2. The van der Waals surface area contributed by atoms with E-state index in [0.717, 1.165) is 17.7 Å². The number of nitrogens with zero attached hydrogens (tertiary/aromatic N) is 1. The van der Waals surface area contributed by atoms with Gasteiger partial charge in [-0.05, 0) is 30.5 Å². The van der Waals surface area contributed by atoms with Crippen LogP contribution in [0.1, 0.15) is 18.4 Å². The molecule has 1 heterocycles. The number of nitrogens with two attached hydrogens (primary N) is 1. The van der Waals surface area contributed by atoms with Crippen molar-refractivity contribution in [2.45, 2.75) is 19.4 Å². The van der Waals surface area contributed by atoms with Crippen molar-refractivity contribution in [3.63, 3.8) is 0 Å². The van der Waals surface area contributed by atoms with Crippen LogP contribution in [0.5, 0.6) is 5.75 Å². The summed E-state index contributed by atoms with van der Waals surface area (Å²) in [5.41, 5.74) is 6.59. The molecule has 1 saturated heterocycles. The van der Waals surface area contributed by atoms with Crippen LogP contribution in [0.2, 0.25) is 0 Å². The Hall–Kier alpha value is -1.88. The van der Waals surface area contributed by atoms with Gasteiger partial charge in [-0.1, -0.05) is 12.1 Å². The summed E-state index contributed by atoms with van der Waals surface area (Å²) >= 11 is 0. The molecule has 0 aromatic heterocycles. The van der Waals surface area contributed by atoms with Crippen molar-refractivity contribution in [2.24, 2.45) is 17.6 Å². The van der Waals surface area contributed by atoms with Crippen molar-refractivity contribution in [1.82, 2.24) is 4.90 Å². The van der Waals surface area contributed by atoms with Crippen molar-refractivity contribution in [2.75, 3.05) is 13.2 Å². The summed E-state index contributed by atoms with van der Waals surface area (Å²) in [5.74, 6) is 0.763. The van der Waals surface area contributed by atoms with Gasteiger partial charge in [0.15, 0.2) is 0 Å². The third kappa shape index (κ3) is 2.41. The Morgan fingerprint density at radius 1 is 1.25 bits per heavy atom. The lowest BCUT2D eigenvalue weighted by Gasteiger charge is -2.16. The molecular formula is C15H18N2O3. The second-order valence-corrected chi connectivity index (χ2v) is 5.33. The van der Waals surface area contributed by atoms with Gasteiger partial charge in [-0.2, -0.15) is 0 Å². The smallest absolute Gasteiger partial charge is 0.233 e. The van der Waals surface area contributed by atoms with Crippen LogP contribution in [0.3, 0.4) is 0 Å². The predicted octanol–water partition coefficient (Wildman–Crippen LogP) is 0.919. The average Bonchev–Trinajstić information content (AvgIpc) is 3.22. The lowest BCUT2D eigenvalue weighted by atomic mass is 10.2. The number of imide groups is 1. The Kier molecular flexibility index (Phi) is 3.44. The number of amides is 2. The second-order valence-electron chi connectivity index (χ2n) is 5.33. The molecule has 1 aliphatic heterocycles. The number of ether oxygens (including phenoxy) is 1. The first-order valence-corrected chi connectivity index (χ1v) is 6.97. The normalized spacial score (nSPS) is 23.9. The molecule has 1 aliphatic carbocycles. The Balaban J connectivity index is 1.44. The van der Waals surface area contributed by atoms with E-state index in [4.69, 9.17) is 10.5 Å². The minimum atomic E-state index is -0.00958. The molecule has 0 bridgehead atoms. The van der Waals surface area contributed by atoms with Crippen LogP contribution in [-0.4, -0.2) is 29.9 Å². The first-order chi connectivity index (χ1) is 9.70. The van der Waals surface area contributed by atoms with E-state index < -0.39 is 0 Å². The number of piperidine rings is 1. The molecule has 1 aromatic carbocycles. The van der Waals surface area contributed by atoms with Crippen LogP contribution in [-0.2, 0) is 16.1 Å². The lowest BCUT2D eigenvalue weighted by molar-refractivity contribution is -0.141. The molecule has 1 aromatic rings. The molecule has 3 rings (SSSR count). The van der Waals surface area contributed by atoms with Crippen LogP contribution in [0.4, 0.5) is 0 Å². The lowest BCUT2D eigenvalue weighted by Crippen LogP contribution is -2.34. The maximum atomic E-state index is 11.8. The van der Waals surface area contributed by atoms with Gasteiger partial charge >= 0.3 is 0 Å². The Morgan fingerprint density at radius 2 is 2.00 bits per heavy atom. The number of likely N-dealkylation sites (tertiary alicyclic amines) is 1. The van der Waals surface area contributed by atoms with E-state index in [-0.39, 0.29) is 23.7 Å². The Labute approximate surface area is 117 Å². The van der Waals surface area contributed by atoms with Crippen molar-refractivity contribution in [3.8, 4) is 5.75 Å². The van der Waals surface area contributed by atoms with Crippen LogP contribution in [0.15, 0.2) is 24.3 Å². The van der Waals surface area contributed by atoms with Crippen molar-refractivity contribution >= 4 is 11.8 Å². The molecule has 0 radical (unpaired) electrons. The number of carbonyl (C=O) groups excluding carboxylic acids is 2. The molecular weight excluding hydrogens is 256 g/mol.